The lowest BCUT2D eigenvalue weighted by molar-refractivity contribution is 0.0836. The molecule has 17 heavy (non-hydrogen) atoms. The summed E-state index contributed by atoms with van der Waals surface area (Å²) in [6.45, 7) is 3.96. The number of hydrogen-bond donors (Lipinski definition) is 2. The molecular weight excluding hydrogens is 286 g/mol. The fraction of sp³-hybridized carbons (Fsp3) is 0.455. The second-order valence-corrected chi connectivity index (χ2v) is 4.91. The first-order valence-electron chi connectivity index (χ1n) is 5.43. The lowest BCUT2D eigenvalue weighted by Gasteiger charge is -2.32. The first kappa shape index (κ1) is 12.3. The molecule has 0 saturated heterocycles. The van der Waals surface area contributed by atoms with Crippen LogP contribution in [0.15, 0.2) is 28.1 Å². The van der Waals surface area contributed by atoms with Crippen molar-refractivity contribution in [2.45, 2.75) is 31.5 Å². The van der Waals surface area contributed by atoms with Crippen molar-refractivity contribution >= 4 is 21.6 Å². The molecular formula is C11H14BrN3O2. The van der Waals surface area contributed by atoms with Crippen molar-refractivity contribution in [3.8, 4) is 0 Å². The fourth-order valence-corrected chi connectivity index (χ4v) is 2.17. The monoisotopic (exact) mass is 299 g/mol. The van der Waals surface area contributed by atoms with Crippen LogP contribution in [0.5, 0.6) is 0 Å². The van der Waals surface area contributed by atoms with E-state index in [1.807, 2.05) is 0 Å². The summed E-state index contributed by atoms with van der Waals surface area (Å²) in [5.74, 6) is 0. The van der Waals surface area contributed by atoms with Gasteiger partial charge in [-0.25, -0.2) is 4.68 Å². The first-order chi connectivity index (χ1) is 8.11. The van der Waals surface area contributed by atoms with E-state index in [1.165, 1.54) is 4.68 Å². The van der Waals surface area contributed by atoms with E-state index in [2.05, 4.69) is 32.9 Å². The topological polar surface area (TPSA) is 67.2 Å². The van der Waals surface area contributed by atoms with Gasteiger partial charge in [0, 0.05) is 6.04 Å². The molecule has 1 fully saturated rings. The summed E-state index contributed by atoms with van der Waals surface area (Å²) in [5, 5.41) is 16.4. The zero-order chi connectivity index (χ0) is 12.4. The Labute approximate surface area is 107 Å². The van der Waals surface area contributed by atoms with Gasteiger partial charge >= 0.3 is 0 Å². The average molecular weight is 300 g/mol. The van der Waals surface area contributed by atoms with Gasteiger partial charge in [0.15, 0.2) is 0 Å². The smallest absolute Gasteiger partial charge is 0.283 e. The molecule has 1 saturated carbocycles. The summed E-state index contributed by atoms with van der Waals surface area (Å²) in [6, 6.07) is 0.220. The third kappa shape index (κ3) is 2.58. The van der Waals surface area contributed by atoms with E-state index >= 15 is 0 Å². The second-order valence-electron chi connectivity index (χ2n) is 4.11. The molecule has 1 aliphatic carbocycles. The molecule has 0 unspecified atom stereocenters. The Morgan fingerprint density at radius 1 is 1.71 bits per heavy atom. The maximum absolute atomic E-state index is 11.8. The minimum atomic E-state index is -0.222. The number of aromatic nitrogens is 2. The van der Waals surface area contributed by atoms with E-state index < -0.39 is 0 Å². The van der Waals surface area contributed by atoms with Gasteiger partial charge in [-0.1, -0.05) is 6.08 Å². The van der Waals surface area contributed by atoms with Crippen molar-refractivity contribution in [2.75, 3.05) is 5.32 Å². The van der Waals surface area contributed by atoms with Gasteiger partial charge in [0.25, 0.3) is 5.56 Å². The Balaban J connectivity index is 2.16. The van der Waals surface area contributed by atoms with E-state index in [0.717, 1.165) is 0 Å². The highest BCUT2D eigenvalue weighted by Crippen LogP contribution is 2.26. The number of nitrogens with zero attached hydrogens (tertiary/aromatic N) is 2. The molecule has 1 aliphatic rings. The Kier molecular flexibility index (Phi) is 3.63. The SMILES string of the molecule is C=CCn1ncc(NC2CC(O)C2)c(Br)c1=O. The summed E-state index contributed by atoms with van der Waals surface area (Å²) in [6.07, 6.45) is 4.43. The van der Waals surface area contributed by atoms with Crippen LogP contribution in [0.4, 0.5) is 5.69 Å². The Hall–Kier alpha value is -1.14. The van der Waals surface area contributed by atoms with Crippen LogP contribution in [0.2, 0.25) is 0 Å². The number of aliphatic hydroxyl groups excluding tert-OH is 1. The minimum Gasteiger partial charge on any atom is -0.393 e. The molecule has 0 bridgehead atoms. The molecule has 0 radical (unpaired) electrons. The van der Waals surface area contributed by atoms with Crippen molar-refractivity contribution in [3.63, 3.8) is 0 Å². The van der Waals surface area contributed by atoms with Crippen molar-refractivity contribution < 1.29 is 5.11 Å². The summed E-state index contributed by atoms with van der Waals surface area (Å²) in [5.41, 5.74) is 0.488. The van der Waals surface area contributed by atoms with E-state index in [0.29, 0.717) is 29.5 Å². The van der Waals surface area contributed by atoms with Crippen LogP contribution < -0.4 is 10.9 Å². The van der Waals surface area contributed by atoms with Crippen LogP contribution in [0.25, 0.3) is 0 Å². The molecule has 92 valence electrons. The quantitative estimate of drug-likeness (QED) is 0.818. The first-order valence-corrected chi connectivity index (χ1v) is 6.22. The van der Waals surface area contributed by atoms with Gasteiger partial charge in [0.2, 0.25) is 0 Å². The molecule has 0 amide bonds. The van der Waals surface area contributed by atoms with Gasteiger partial charge in [-0.2, -0.15) is 5.10 Å². The summed E-state index contributed by atoms with van der Waals surface area (Å²) >= 11 is 3.27. The van der Waals surface area contributed by atoms with E-state index in [-0.39, 0.29) is 17.7 Å². The van der Waals surface area contributed by atoms with Gasteiger partial charge in [0.1, 0.15) is 4.47 Å². The number of aliphatic hydroxyl groups is 1. The van der Waals surface area contributed by atoms with Crippen LogP contribution in [0, 0.1) is 0 Å². The van der Waals surface area contributed by atoms with E-state index in [4.69, 9.17) is 0 Å². The summed E-state index contributed by atoms with van der Waals surface area (Å²) in [7, 11) is 0. The third-order valence-corrected chi connectivity index (χ3v) is 3.53. The number of hydrogen-bond acceptors (Lipinski definition) is 4. The normalized spacial score (nSPS) is 22.9. The van der Waals surface area contributed by atoms with Crippen molar-refractivity contribution in [2.24, 2.45) is 0 Å². The van der Waals surface area contributed by atoms with Gasteiger partial charge in [0.05, 0.1) is 24.5 Å². The van der Waals surface area contributed by atoms with Crippen molar-refractivity contribution in [1.82, 2.24) is 9.78 Å². The van der Waals surface area contributed by atoms with E-state index in [9.17, 15) is 9.90 Å². The summed E-state index contributed by atoms with van der Waals surface area (Å²) in [4.78, 5) is 11.8. The van der Waals surface area contributed by atoms with Crippen LogP contribution in [-0.4, -0.2) is 27.0 Å². The van der Waals surface area contributed by atoms with Crippen LogP contribution in [-0.2, 0) is 6.54 Å². The number of rotatable bonds is 4. The molecule has 0 spiro atoms. The van der Waals surface area contributed by atoms with Gasteiger partial charge in [-0.05, 0) is 28.8 Å². The molecule has 1 aromatic heterocycles. The van der Waals surface area contributed by atoms with Crippen LogP contribution in [0.3, 0.4) is 0 Å². The number of nitrogens with one attached hydrogen (secondary N) is 1. The lowest BCUT2D eigenvalue weighted by atomic mass is 9.89. The third-order valence-electron chi connectivity index (χ3n) is 2.76. The largest absolute Gasteiger partial charge is 0.393 e. The molecule has 0 aromatic carbocycles. The minimum absolute atomic E-state index is 0.185. The molecule has 0 aliphatic heterocycles. The Morgan fingerprint density at radius 2 is 2.41 bits per heavy atom. The molecule has 5 nitrogen and oxygen atoms in total. The lowest BCUT2D eigenvalue weighted by Crippen LogP contribution is -2.39. The standard InChI is InChI=1S/C11H14BrN3O2/c1-2-3-15-11(17)10(12)9(6-13-15)14-7-4-8(16)5-7/h2,6-8,14,16H,1,3-5H2. The molecule has 2 rings (SSSR count). The summed E-state index contributed by atoms with van der Waals surface area (Å²) < 4.78 is 1.80. The van der Waals surface area contributed by atoms with Gasteiger partial charge in [-0.3, -0.25) is 4.79 Å². The Morgan fingerprint density at radius 3 is 3.00 bits per heavy atom. The van der Waals surface area contributed by atoms with E-state index in [1.54, 1.807) is 12.3 Å². The van der Waals surface area contributed by atoms with Crippen molar-refractivity contribution in [3.05, 3.63) is 33.7 Å². The highest BCUT2D eigenvalue weighted by molar-refractivity contribution is 9.10. The predicted octanol–water partition coefficient (Wildman–Crippen LogP) is 1.13. The highest BCUT2D eigenvalue weighted by Gasteiger charge is 2.27. The van der Waals surface area contributed by atoms with Crippen LogP contribution in [0.1, 0.15) is 12.8 Å². The molecule has 0 atom stereocenters. The number of halogens is 1. The predicted molar refractivity (Wildman–Crippen MR) is 69.0 cm³/mol. The van der Waals surface area contributed by atoms with Gasteiger partial charge in [-0.15, -0.1) is 6.58 Å². The Bertz CT molecular complexity index is 480. The van der Waals surface area contributed by atoms with Crippen LogP contribution >= 0.6 is 15.9 Å². The fourth-order valence-electron chi connectivity index (χ4n) is 1.74. The number of allylic oxidation sites excluding steroid dienone is 1. The number of anilines is 1. The van der Waals surface area contributed by atoms with Crippen molar-refractivity contribution in [1.29, 1.82) is 0 Å². The maximum atomic E-state index is 11.8. The zero-order valence-electron chi connectivity index (χ0n) is 9.27. The zero-order valence-corrected chi connectivity index (χ0v) is 10.9. The molecule has 2 N–H and O–H groups in total. The average Bonchev–Trinajstić information content (AvgIpc) is 2.26. The highest BCUT2D eigenvalue weighted by atomic mass is 79.9. The maximum Gasteiger partial charge on any atom is 0.283 e. The van der Waals surface area contributed by atoms with Gasteiger partial charge < -0.3 is 10.4 Å². The molecule has 1 heterocycles. The molecule has 1 aromatic rings. The second kappa shape index (κ2) is 5.01. The molecule has 6 heteroatoms.